The molecule has 0 radical (unpaired) electrons. The quantitative estimate of drug-likeness (QED) is 0.470. The van der Waals surface area contributed by atoms with E-state index in [1.165, 1.54) is 23.2 Å². The average molecular weight is 393 g/mol. The van der Waals surface area contributed by atoms with Crippen molar-refractivity contribution in [2.75, 3.05) is 17.3 Å². The number of nitrogens with one attached hydrogen (secondary N) is 1. The van der Waals surface area contributed by atoms with Crippen LogP contribution in [0.3, 0.4) is 0 Å². The van der Waals surface area contributed by atoms with Crippen LogP contribution >= 0.6 is 11.3 Å². The summed E-state index contributed by atoms with van der Waals surface area (Å²) in [5, 5.41) is 5.76. The molecule has 7 heteroatoms. The molecule has 1 heterocycles. The summed E-state index contributed by atoms with van der Waals surface area (Å²) in [6.07, 6.45) is 1.49. The van der Waals surface area contributed by atoms with Crippen LogP contribution in [-0.4, -0.2) is 18.1 Å². The summed E-state index contributed by atoms with van der Waals surface area (Å²) in [6.45, 7) is 0. The number of amides is 2. The molecule has 0 saturated carbocycles. The minimum atomic E-state index is -0.382. The number of urea groups is 1. The molecule has 4 aromatic rings. The number of hydrogen-bond donors (Lipinski definition) is 1. The molecule has 140 valence electrons. The zero-order chi connectivity index (χ0) is 19.5. The largest absolute Gasteiger partial charge is 0.445 e. The van der Waals surface area contributed by atoms with E-state index in [0.717, 1.165) is 27.8 Å². The van der Waals surface area contributed by atoms with Gasteiger partial charge in [0.2, 0.25) is 5.06 Å². The van der Waals surface area contributed by atoms with E-state index in [1.807, 2.05) is 42.5 Å². The number of ether oxygens (including phenoxy) is 1. The molecule has 0 aliphatic carbocycles. The summed E-state index contributed by atoms with van der Waals surface area (Å²) in [7, 11) is 1.69. The number of fused-ring (bicyclic) bond motifs is 1. The van der Waals surface area contributed by atoms with Gasteiger partial charge in [0.1, 0.15) is 11.6 Å². The van der Waals surface area contributed by atoms with E-state index in [9.17, 15) is 9.18 Å². The number of anilines is 2. The minimum Gasteiger partial charge on any atom is -0.445 e. The first-order valence-electron chi connectivity index (χ1n) is 8.51. The van der Waals surface area contributed by atoms with Crippen LogP contribution in [-0.2, 0) is 0 Å². The van der Waals surface area contributed by atoms with E-state index in [2.05, 4.69) is 10.3 Å². The Hall–Kier alpha value is -3.45. The van der Waals surface area contributed by atoms with Crippen molar-refractivity contribution in [3.05, 3.63) is 78.7 Å². The third-order valence-electron chi connectivity index (χ3n) is 4.14. The maximum Gasteiger partial charge on any atom is 0.327 e. The third-order valence-corrected chi connectivity index (χ3v) is 4.93. The molecule has 0 aliphatic rings. The topological polar surface area (TPSA) is 54.5 Å². The van der Waals surface area contributed by atoms with E-state index >= 15 is 0 Å². The molecule has 1 aromatic heterocycles. The summed E-state index contributed by atoms with van der Waals surface area (Å²) in [6, 6.07) is 19.3. The van der Waals surface area contributed by atoms with Crippen molar-refractivity contribution in [1.29, 1.82) is 0 Å². The van der Waals surface area contributed by atoms with Crippen LogP contribution < -0.4 is 15.0 Å². The smallest absolute Gasteiger partial charge is 0.327 e. The molecule has 0 fully saturated rings. The van der Waals surface area contributed by atoms with Crippen LogP contribution in [0.5, 0.6) is 10.8 Å². The molecule has 0 unspecified atom stereocenters. The van der Waals surface area contributed by atoms with Crippen molar-refractivity contribution in [1.82, 2.24) is 4.98 Å². The van der Waals surface area contributed by atoms with Crippen LogP contribution in [0.15, 0.2) is 72.9 Å². The number of hydrogen-bond acceptors (Lipinski definition) is 4. The van der Waals surface area contributed by atoms with Crippen LogP contribution in [0.1, 0.15) is 0 Å². The second-order valence-corrected chi connectivity index (χ2v) is 7.06. The molecule has 0 spiro atoms. The molecule has 28 heavy (non-hydrogen) atoms. The van der Waals surface area contributed by atoms with Crippen LogP contribution in [0, 0.1) is 5.82 Å². The molecule has 0 saturated heterocycles. The van der Waals surface area contributed by atoms with Crippen molar-refractivity contribution in [3.8, 4) is 10.8 Å². The highest BCUT2D eigenvalue weighted by Crippen LogP contribution is 2.31. The van der Waals surface area contributed by atoms with E-state index < -0.39 is 0 Å². The molecule has 2 amide bonds. The molecule has 4 rings (SSSR count). The Balaban J connectivity index is 1.44. The van der Waals surface area contributed by atoms with Gasteiger partial charge in [0.15, 0.2) is 5.13 Å². The van der Waals surface area contributed by atoms with Crippen molar-refractivity contribution in [3.63, 3.8) is 0 Å². The Morgan fingerprint density at radius 3 is 2.71 bits per heavy atom. The van der Waals surface area contributed by atoms with E-state index in [-0.39, 0.29) is 11.8 Å². The molecular weight excluding hydrogens is 377 g/mol. The number of carbonyl (C=O) groups excluding carboxylic acids is 1. The lowest BCUT2D eigenvalue weighted by molar-refractivity contribution is 0.258. The number of aromatic nitrogens is 1. The zero-order valence-electron chi connectivity index (χ0n) is 14.9. The van der Waals surface area contributed by atoms with Gasteiger partial charge in [-0.25, -0.2) is 14.2 Å². The van der Waals surface area contributed by atoms with Gasteiger partial charge in [-0.1, -0.05) is 47.7 Å². The third kappa shape index (κ3) is 3.94. The van der Waals surface area contributed by atoms with Gasteiger partial charge in [0, 0.05) is 18.8 Å². The lowest BCUT2D eigenvalue weighted by Crippen LogP contribution is -2.31. The van der Waals surface area contributed by atoms with Gasteiger partial charge in [-0.3, -0.25) is 10.2 Å². The first kappa shape index (κ1) is 17.9. The number of benzene rings is 3. The van der Waals surface area contributed by atoms with Crippen molar-refractivity contribution in [2.24, 2.45) is 0 Å². The highest BCUT2D eigenvalue weighted by atomic mass is 32.1. The number of nitrogens with zero attached hydrogens (tertiary/aromatic N) is 2. The van der Waals surface area contributed by atoms with Gasteiger partial charge in [-0.2, -0.15) is 0 Å². The first-order valence-corrected chi connectivity index (χ1v) is 9.33. The van der Waals surface area contributed by atoms with Crippen molar-refractivity contribution in [2.45, 2.75) is 0 Å². The maximum atomic E-state index is 13.2. The number of carbonyl (C=O) groups is 1. The lowest BCUT2D eigenvalue weighted by atomic mass is 10.1. The lowest BCUT2D eigenvalue weighted by Gasteiger charge is -2.17. The minimum absolute atomic E-state index is 0.318. The van der Waals surface area contributed by atoms with Gasteiger partial charge >= 0.3 is 6.03 Å². The van der Waals surface area contributed by atoms with Crippen LogP contribution in [0.2, 0.25) is 0 Å². The zero-order valence-corrected chi connectivity index (χ0v) is 15.7. The summed E-state index contributed by atoms with van der Waals surface area (Å²) in [5.74, 6) is -0.0117. The highest BCUT2D eigenvalue weighted by Gasteiger charge is 2.14. The Bertz CT molecular complexity index is 1150. The van der Waals surface area contributed by atoms with E-state index in [4.69, 9.17) is 4.74 Å². The fraction of sp³-hybridized carbons (Fsp3) is 0.0476. The van der Waals surface area contributed by atoms with Gasteiger partial charge in [-0.05, 0) is 35.0 Å². The van der Waals surface area contributed by atoms with Gasteiger partial charge in [0.05, 0.1) is 6.20 Å². The first-order chi connectivity index (χ1) is 13.6. The highest BCUT2D eigenvalue weighted by molar-refractivity contribution is 7.17. The van der Waals surface area contributed by atoms with Gasteiger partial charge in [-0.15, -0.1) is 0 Å². The average Bonchev–Trinajstić information content (AvgIpc) is 3.13. The van der Waals surface area contributed by atoms with Crippen molar-refractivity contribution < 1.29 is 13.9 Å². The predicted octanol–water partition coefficient (Wildman–Crippen LogP) is 5.90. The second kappa shape index (κ2) is 7.66. The van der Waals surface area contributed by atoms with Crippen molar-refractivity contribution >= 4 is 39.0 Å². The second-order valence-electron chi connectivity index (χ2n) is 6.06. The standard InChI is InChI=1S/C21H16FN3O2S/c1-25(17-10-9-14-5-2-3-6-15(14)11-17)21(26)24-20-23-13-19(28-20)27-18-8-4-7-16(22)12-18/h2-13H,1H3,(H,23,24,26). The van der Waals surface area contributed by atoms with E-state index in [1.54, 1.807) is 19.2 Å². The van der Waals surface area contributed by atoms with Crippen LogP contribution in [0.4, 0.5) is 20.0 Å². The Labute approximate surface area is 165 Å². The fourth-order valence-electron chi connectivity index (χ4n) is 2.69. The molecule has 5 nitrogen and oxygen atoms in total. The van der Waals surface area contributed by atoms with Gasteiger partial charge in [0.25, 0.3) is 0 Å². The molecule has 3 aromatic carbocycles. The summed E-state index contributed by atoms with van der Waals surface area (Å²) >= 11 is 1.16. The maximum absolute atomic E-state index is 13.2. The molecule has 1 N–H and O–H groups in total. The summed E-state index contributed by atoms with van der Waals surface area (Å²) in [4.78, 5) is 18.2. The van der Waals surface area contributed by atoms with Crippen LogP contribution in [0.25, 0.3) is 10.8 Å². The number of thiazole rings is 1. The number of rotatable bonds is 4. The normalized spacial score (nSPS) is 10.6. The SMILES string of the molecule is CN(C(=O)Nc1ncc(Oc2cccc(F)c2)s1)c1ccc2ccccc2c1. The van der Waals surface area contributed by atoms with E-state index in [0.29, 0.717) is 15.9 Å². The predicted molar refractivity (Wildman–Crippen MR) is 110 cm³/mol. The fourth-order valence-corrected chi connectivity index (χ4v) is 3.37. The Kier molecular flexibility index (Phi) is 4.90. The molecule has 0 atom stereocenters. The Morgan fingerprint density at radius 2 is 1.89 bits per heavy atom. The molecule has 0 aliphatic heterocycles. The summed E-state index contributed by atoms with van der Waals surface area (Å²) in [5.41, 5.74) is 0.768. The summed E-state index contributed by atoms with van der Waals surface area (Å²) < 4.78 is 18.8. The molecular formula is C21H16FN3O2S. The monoisotopic (exact) mass is 393 g/mol. The Morgan fingerprint density at radius 1 is 1.07 bits per heavy atom. The molecule has 0 bridgehead atoms. The van der Waals surface area contributed by atoms with Gasteiger partial charge < -0.3 is 4.74 Å². The number of halogens is 1.